The largest absolute Gasteiger partial charge is 0.368 e. The molecule has 0 heterocycles. The molecule has 2 aromatic rings. The summed E-state index contributed by atoms with van der Waals surface area (Å²) in [5, 5.41) is 10.9. The minimum absolute atomic E-state index is 0.00268. The fourth-order valence-corrected chi connectivity index (χ4v) is 3.81. The molecule has 0 saturated carbocycles. The summed E-state index contributed by atoms with van der Waals surface area (Å²) in [5.74, 6) is -0.839. The molecule has 0 atom stereocenters. The molecular weight excluding hydrogens is 346 g/mol. The van der Waals surface area contributed by atoms with Gasteiger partial charge in [0.15, 0.2) is 0 Å². The van der Waals surface area contributed by atoms with Gasteiger partial charge >= 0.3 is 0 Å². The average molecular weight is 363 g/mol. The lowest BCUT2D eigenvalue weighted by Crippen LogP contribution is -2.39. The van der Waals surface area contributed by atoms with Crippen molar-refractivity contribution in [2.45, 2.75) is 18.7 Å². The molecule has 2 aromatic carbocycles. The fraction of sp³-hybridized carbons (Fsp3) is 0.188. The number of carbonyl (C=O) groups is 1. The monoisotopic (exact) mass is 363 g/mol. The highest BCUT2D eigenvalue weighted by molar-refractivity contribution is 7.92. The van der Waals surface area contributed by atoms with Crippen LogP contribution in [0.15, 0.2) is 47.4 Å². The topological polar surface area (TPSA) is 124 Å². The van der Waals surface area contributed by atoms with Crippen LogP contribution in [0.3, 0.4) is 0 Å². The number of primary amides is 1. The van der Waals surface area contributed by atoms with E-state index in [1.165, 1.54) is 37.3 Å². The Morgan fingerprint density at radius 2 is 1.76 bits per heavy atom. The van der Waals surface area contributed by atoms with Gasteiger partial charge in [0.05, 0.1) is 15.5 Å². The number of amides is 1. The Balaban J connectivity index is 2.58. The second-order valence-electron chi connectivity index (χ2n) is 5.52. The number of nitrogens with zero attached hydrogens (tertiary/aromatic N) is 2. The van der Waals surface area contributed by atoms with Crippen LogP contribution >= 0.6 is 0 Å². The van der Waals surface area contributed by atoms with Gasteiger partial charge < -0.3 is 5.73 Å². The van der Waals surface area contributed by atoms with Crippen LogP contribution in [-0.4, -0.2) is 25.8 Å². The highest BCUT2D eigenvalue weighted by atomic mass is 32.2. The van der Waals surface area contributed by atoms with Crippen molar-refractivity contribution in [2.24, 2.45) is 5.73 Å². The molecule has 0 aliphatic rings. The minimum atomic E-state index is -4.06. The van der Waals surface area contributed by atoms with Gasteiger partial charge in [-0.05, 0) is 37.6 Å². The maximum absolute atomic E-state index is 12.9. The first-order valence-corrected chi connectivity index (χ1v) is 8.69. The Labute approximate surface area is 145 Å². The first kappa shape index (κ1) is 18.4. The highest BCUT2D eigenvalue weighted by Crippen LogP contribution is 2.29. The van der Waals surface area contributed by atoms with E-state index in [1.807, 2.05) is 6.92 Å². The lowest BCUT2D eigenvalue weighted by molar-refractivity contribution is -0.384. The number of benzene rings is 2. The van der Waals surface area contributed by atoms with E-state index in [-0.39, 0.29) is 16.3 Å². The molecule has 0 unspecified atom stereocenters. The molecule has 0 aliphatic carbocycles. The van der Waals surface area contributed by atoms with E-state index in [0.717, 1.165) is 9.87 Å². The van der Waals surface area contributed by atoms with Crippen molar-refractivity contribution in [3.63, 3.8) is 0 Å². The number of sulfonamides is 1. The van der Waals surface area contributed by atoms with Crippen LogP contribution in [0.25, 0.3) is 0 Å². The summed E-state index contributed by atoms with van der Waals surface area (Å²) in [5.41, 5.74) is 6.41. The SMILES string of the molecule is Cc1ccc(S(=O)(=O)N(CC(N)=O)c2ccc([N+](=O)[O-])cc2C)cc1. The van der Waals surface area contributed by atoms with Crippen molar-refractivity contribution >= 4 is 27.3 Å². The number of nitrogens with two attached hydrogens (primary N) is 1. The van der Waals surface area contributed by atoms with Gasteiger partial charge in [0.2, 0.25) is 5.91 Å². The summed E-state index contributed by atoms with van der Waals surface area (Å²) in [6.07, 6.45) is 0. The molecule has 132 valence electrons. The van der Waals surface area contributed by atoms with Crippen molar-refractivity contribution in [3.05, 3.63) is 63.7 Å². The van der Waals surface area contributed by atoms with Crippen LogP contribution < -0.4 is 10.0 Å². The van der Waals surface area contributed by atoms with Crippen molar-refractivity contribution in [1.29, 1.82) is 0 Å². The van der Waals surface area contributed by atoms with Crippen molar-refractivity contribution in [3.8, 4) is 0 Å². The summed E-state index contributed by atoms with van der Waals surface area (Å²) in [4.78, 5) is 21.7. The summed E-state index contributed by atoms with van der Waals surface area (Å²) < 4.78 is 26.7. The first-order valence-electron chi connectivity index (χ1n) is 7.25. The number of nitro groups is 1. The number of hydrogen-bond acceptors (Lipinski definition) is 5. The molecule has 0 spiro atoms. The molecule has 0 aromatic heterocycles. The number of aryl methyl sites for hydroxylation is 2. The van der Waals surface area contributed by atoms with Gasteiger partial charge in [0, 0.05) is 12.1 Å². The number of non-ortho nitro benzene ring substituents is 1. The summed E-state index contributed by atoms with van der Waals surface area (Å²) in [6.45, 7) is 2.77. The normalized spacial score (nSPS) is 11.1. The van der Waals surface area contributed by atoms with Crippen LogP contribution in [0, 0.1) is 24.0 Å². The van der Waals surface area contributed by atoms with E-state index in [1.54, 1.807) is 12.1 Å². The van der Waals surface area contributed by atoms with Gasteiger partial charge in [-0.25, -0.2) is 8.42 Å². The van der Waals surface area contributed by atoms with E-state index in [4.69, 9.17) is 5.73 Å². The summed E-state index contributed by atoms with van der Waals surface area (Å²) >= 11 is 0. The van der Waals surface area contributed by atoms with Crippen LogP contribution in [0.5, 0.6) is 0 Å². The third kappa shape index (κ3) is 3.94. The van der Waals surface area contributed by atoms with Gasteiger partial charge in [-0.15, -0.1) is 0 Å². The zero-order valence-corrected chi connectivity index (χ0v) is 14.5. The standard InChI is InChI=1S/C16H17N3O5S/c1-11-3-6-14(7-4-11)25(23,24)18(10-16(17)20)15-8-5-13(19(21)22)9-12(15)2/h3-9H,10H2,1-2H3,(H2,17,20). The third-order valence-electron chi connectivity index (χ3n) is 3.57. The number of hydrogen-bond donors (Lipinski definition) is 1. The molecule has 25 heavy (non-hydrogen) atoms. The van der Waals surface area contributed by atoms with Crippen molar-refractivity contribution in [1.82, 2.24) is 0 Å². The van der Waals surface area contributed by atoms with Gasteiger partial charge in [0.25, 0.3) is 15.7 Å². The van der Waals surface area contributed by atoms with Crippen LogP contribution in [0.4, 0.5) is 11.4 Å². The lowest BCUT2D eigenvalue weighted by Gasteiger charge is -2.24. The molecule has 2 N–H and O–H groups in total. The second kappa shape index (κ2) is 6.89. The Morgan fingerprint density at radius 1 is 1.16 bits per heavy atom. The highest BCUT2D eigenvalue weighted by Gasteiger charge is 2.28. The third-order valence-corrected chi connectivity index (χ3v) is 5.34. The zero-order chi connectivity index (χ0) is 18.8. The number of anilines is 1. The predicted octanol–water partition coefficient (Wildman–Crippen LogP) is 1.89. The van der Waals surface area contributed by atoms with E-state index in [2.05, 4.69) is 0 Å². The van der Waals surface area contributed by atoms with Crippen LogP contribution in [0.2, 0.25) is 0 Å². The maximum Gasteiger partial charge on any atom is 0.269 e. The van der Waals surface area contributed by atoms with Gasteiger partial charge in [0.1, 0.15) is 6.54 Å². The van der Waals surface area contributed by atoms with E-state index in [9.17, 15) is 23.3 Å². The van der Waals surface area contributed by atoms with E-state index >= 15 is 0 Å². The zero-order valence-electron chi connectivity index (χ0n) is 13.7. The Hall–Kier alpha value is -2.94. The molecule has 2 rings (SSSR count). The molecule has 0 saturated heterocycles. The quantitative estimate of drug-likeness (QED) is 0.620. The van der Waals surface area contributed by atoms with Crippen LogP contribution in [0.1, 0.15) is 11.1 Å². The van der Waals surface area contributed by atoms with Gasteiger partial charge in [-0.2, -0.15) is 0 Å². The smallest absolute Gasteiger partial charge is 0.269 e. The average Bonchev–Trinajstić information content (AvgIpc) is 2.53. The number of rotatable bonds is 6. The molecule has 0 radical (unpaired) electrons. The number of nitro benzene ring substituents is 1. The molecule has 0 bridgehead atoms. The molecule has 0 fully saturated rings. The van der Waals surface area contributed by atoms with Crippen molar-refractivity contribution < 1.29 is 18.1 Å². The molecule has 9 heteroatoms. The first-order chi connectivity index (χ1) is 11.6. The molecule has 1 amide bonds. The lowest BCUT2D eigenvalue weighted by atomic mass is 10.2. The van der Waals surface area contributed by atoms with Crippen LogP contribution in [-0.2, 0) is 14.8 Å². The van der Waals surface area contributed by atoms with E-state index < -0.39 is 27.4 Å². The van der Waals surface area contributed by atoms with Crippen molar-refractivity contribution in [2.75, 3.05) is 10.8 Å². The van der Waals surface area contributed by atoms with Gasteiger partial charge in [-0.3, -0.25) is 19.2 Å². The summed E-state index contributed by atoms with van der Waals surface area (Å²) in [6, 6.07) is 9.85. The Morgan fingerprint density at radius 3 is 2.24 bits per heavy atom. The molecule has 0 aliphatic heterocycles. The number of carbonyl (C=O) groups excluding carboxylic acids is 1. The molecule has 8 nitrogen and oxygen atoms in total. The minimum Gasteiger partial charge on any atom is -0.368 e. The van der Waals surface area contributed by atoms with Gasteiger partial charge in [-0.1, -0.05) is 17.7 Å². The Kier molecular flexibility index (Phi) is 5.07. The predicted molar refractivity (Wildman–Crippen MR) is 92.7 cm³/mol. The second-order valence-corrected chi connectivity index (χ2v) is 7.38. The Bertz CT molecular complexity index is 923. The van der Waals surface area contributed by atoms with E-state index in [0.29, 0.717) is 5.56 Å². The summed E-state index contributed by atoms with van der Waals surface area (Å²) in [7, 11) is -4.06. The maximum atomic E-state index is 12.9. The molecular formula is C16H17N3O5S. The fourth-order valence-electron chi connectivity index (χ4n) is 2.31.